The van der Waals surface area contributed by atoms with Gasteiger partial charge in [0.1, 0.15) is 0 Å². The Kier molecular flexibility index (Phi) is 5.03. The third-order valence-electron chi connectivity index (χ3n) is 3.90. The second-order valence-corrected chi connectivity index (χ2v) is 7.60. The molecule has 6 heteroatoms. The minimum absolute atomic E-state index is 0.00899. The van der Waals surface area contributed by atoms with Crippen molar-refractivity contribution in [2.24, 2.45) is 11.7 Å². The Morgan fingerprint density at radius 2 is 2.09 bits per heavy atom. The Morgan fingerprint density at radius 3 is 2.78 bits per heavy atom. The molecule has 0 radical (unpaired) electrons. The molecule has 4 nitrogen and oxygen atoms in total. The van der Waals surface area contributed by atoms with Gasteiger partial charge in [-0.1, -0.05) is 18.2 Å². The van der Waals surface area contributed by atoms with Gasteiger partial charge in [0.2, 0.25) is 5.91 Å². The summed E-state index contributed by atoms with van der Waals surface area (Å²) < 4.78 is 0. The van der Waals surface area contributed by atoms with E-state index < -0.39 is 5.91 Å². The summed E-state index contributed by atoms with van der Waals surface area (Å²) >= 11 is 3.13. The molecule has 0 bridgehead atoms. The van der Waals surface area contributed by atoms with Crippen LogP contribution in [0.15, 0.2) is 46.7 Å². The maximum atomic E-state index is 12.5. The molecule has 3 rings (SSSR count). The van der Waals surface area contributed by atoms with Gasteiger partial charge in [0.25, 0.3) is 5.91 Å². The molecule has 23 heavy (non-hydrogen) atoms. The maximum absolute atomic E-state index is 12.5. The number of rotatable bonds is 5. The van der Waals surface area contributed by atoms with E-state index in [0.717, 1.165) is 25.3 Å². The van der Waals surface area contributed by atoms with E-state index in [2.05, 4.69) is 12.1 Å². The predicted octanol–water partition coefficient (Wildman–Crippen LogP) is 3.10. The average Bonchev–Trinajstić information content (AvgIpc) is 3.23. The van der Waals surface area contributed by atoms with Crippen LogP contribution >= 0.6 is 23.1 Å². The predicted molar refractivity (Wildman–Crippen MR) is 94.0 cm³/mol. The minimum atomic E-state index is -0.487. The van der Waals surface area contributed by atoms with Crippen molar-refractivity contribution in [3.8, 4) is 0 Å². The van der Waals surface area contributed by atoms with E-state index in [1.54, 1.807) is 11.4 Å². The van der Waals surface area contributed by atoms with Crippen LogP contribution in [0.4, 0.5) is 0 Å². The topological polar surface area (TPSA) is 63.4 Å². The van der Waals surface area contributed by atoms with Crippen LogP contribution in [0.1, 0.15) is 26.5 Å². The average molecular weight is 346 g/mol. The fourth-order valence-electron chi connectivity index (χ4n) is 2.62. The van der Waals surface area contributed by atoms with Gasteiger partial charge in [-0.15, -0.1) is 23.1 Å². The number of benzene rings is 1. The van der Waals surface area contributed by atoms with E-state index in [0.29, 0.717) is 16.4 Å². The van der Waals surface area contributed by atoms with Crippen LogP contribution < -0.4 is 5.73 Å². The van der Waals surface area contributed by atoms with Gasteiger partial charge >= 0.3 is 0 Å². The van der Waals surface area contributed by atoms with Gasteiger partial charge in [-0.05, 0) is 30.5 Å². The van der Waals surface area contributed by atoms with Crippen LogP contribution in [-0.2, 0) is 0 Å². The summed E-state index contributed by atoms with van der Waals surface area (Å²) in [6.45, 7) is 1.56. The molecule has 0 saturated carbocycles. The standard InChI is InChI=1S/C17H18N2O2S2/c18-16(20)13-8-15(23-11-13)17(21)19-7-6-12(9-19)10-22-14-4-2-1-3-5-14/h1-5,8,11-12H,6-7,9-10H2,(H2,18,20)/t12-/m0/s1. The number of thiophene rings is 1. The van der Waals surface area contributed by atoms with Crippen molar-refractivity contribution in [3.05, 3.63) is 52.2 Å². The number of carbonyl (C=O) groups excluding carboxylic acids is 2. The lowest BCUT2D eigenvalue weighted by atomic mass is 10.2. The number of carbonyl (C=O) groups is 2. The molecule has 1 aromatic heterocycles. The van der Waals surface area contributed by atoms with Gasteiger partial charge in [0.05, 0.1) is 10.4 Å². The molecular weight excluding hydrogens is 328 g/mol. The molecule has 0 unspecified atom stereocenters. The highest BCUT2D eigenvalue weighted by Crippen LogP contribution is 2.27. The monoisotopic (exact) mass is 346 g/mol. The normalized spacial score (nSPS) is 17.4. The van der Waals surface area contributed by atoms with Crippen molar-refractivity contribution < 1.29 is 9.59 Å². The summed E-state index contributed by atoms with van der Waals surface area (Å²) in [5.74, 6) is 1.05. The van der Waals surface area contributed by atoms with Gasteiger partial charge in [-0.25, -0.2) is 0 Å². The van der Waals surface area contributed by atoms with Crippen LogP contribution in [0.5, 0.6) is 0 Å². The molecule has 1 aromatic carbocycles. The van der Waals surface area contributed by atoms with E-state index in [-0.39, 0.29) is 5.91 Å². The summed E-state index contributed by atoms with van der Waals surface area (Å²) in [5.41, 5.74) is 5.65. The van der Waals surface area contributed by atoms with Crippen LogP contribution in [0.3, 0.4) is 0 Å². The molecule has 0 aliphatic carbocycles. The van der Waals surface area contributed by atoms with E-state index in [9.17, 15) is 9.59 Å². The van der Waals surface area contributed by atoms with E-state index in [1.165, 1.54) is 16.2 Å². The Balaban J connectivity index is 1.54. The first-order chi connectivity index (χ1) is 11.1. The van der Waals surface area contributed by atoms with Gasteiger partial charge < -0.3 is 10.6 Å². The zero-order valence-electron chi connectivity index (χ0n) is 12.6. The summed E-state index contributed by atoms with van der Waals surface area (Å²) in [6.07, 6.45) is 1.03. The Hall–Kier alpha value is -1.79. The molecule has 0 spiro atoms. The second-order valence-electron chi connectivity index (χ2n) is 5.59. The van der Waals surface area contributed by atoms with Crippen molar-refractivity contribution in [1.82, 2.24) is 4.90 Å². The van der Waals surface area contributed by atoms with Crippen molar-refractivity contribution in [2.45, 2.75) is 11.3 Å². The SMILES string of the molecule is NC(=O)c1csc(C(=O)N2CC[C@H](CSc3ccccc3)C2)c1. The molecule has 120 valence electrons. The first-order valence-electron chi connectivity index (χ1n) is 7.49. The number of amides is 2. The summed E-state index contributed by atoms with van der Waals surface area (Å²) in [7, 11) is 0. The van der Waals surface area contributed by atoms with Crippen molar-refractivity contribution in [3.63, 3.8) is 0 Å². The van der Waals surface area contributed by atoms with Crippen molar-refractivity contribution >= 4 is 34.9 Å². The third-order valence-corrected chi connectivity index (χ3v) is 6.06. The highest BCUT2D eigenvalue weighted by Gasteiger charge is 2.28. The lowest BCUT2D eigenvalue weighted by Crippen LogP contribution is -2.28. The smallest absolute Gasteiger partial charge is 0.263 e. The van der Waals surface area contributed by atoms with Crippen LogP contribution in [0.2, 0.25) is 0 Å². The van der Waals surface area contributed by atoms with Crippen LogP contribution in [0.25, 0.3) is 0 Å². The number of likely N-dealkylation sites (tertiary alicyclic amines) is 1. The van der Waals surface area contributed by atoms with Gasteiger partial charge in [-0.2, -0.15) is 0 Å². The maximum Gasteiger partial charge on any atom is 0.263 e. The summed E-state index contributed by atoms with van der Waals surface area (Å²) in [5, 5.41) is 1.65. The van der Waals surface area contributed by atoms with E-state index in [4.69, 9.17) is 5.73 Å². The highest BCUT2D eigenvalue weighted by atomic mass is 32.2. The summed E-state index contributed by atoms with van der Waals surface area (Å²) in [4.78, 5) is 27.4. The fraction of sp³-hybridized carbons (Fsp3) is 0.294. The first-order valence-corrected chi connectivity index (χ1v) is 9.35. The Labute approximate surface area is 143 Å². The van der Waals surface area contributed by atoms with Crippen molar-refractivity contribution in [2.75, 3.05) is 18.8 Å². The molecule has 2 aromatic rings. The van der Waals surface area contributed by atoms with Gasteiger partial charge in [0.15, 0.2) is 0 Å². The molecule has 1 saturated heterocycles. The Morgan fingerprint density at radius 1 is 1.30 bits per heavy atom. The molecule has 2 heterocycles. The molecule has 2 N–H and O–H groups in total. The van der Waals surface area contributed by atoms with E-state index in [1.807, 2.05) is 34.9 Å². The number of hydrogen-bond acceptors (Lipinski definition) is 4. The number of thioether (sulfide) groups is 1. The third kappa shape index (κ3) is 3.95. The first kappa shape index (κ1) is 16.1. The fourth-order valence-corrected chi connectivity index (χ4v) is 4.53. The second kappa shape index (κ2) is 7.19. The highest BCUT2D eigenvalue weighted by molar-refractivity contribution is 7.99. The number of nitrogens with two attached hydrogens (primary N) is 1. The molecule has 1 aliphatic rings. The largest absolute Gasteiger partial charge is 0.366 e. The molecule has 1 aliphatic heterocycles. The quantitative estimate of drug-likeness (QED) is 0.846. The van der Waals surface area contributed by atoms with Gasteiger partial charge in [-0.3, -0.25) is 9.59 Å². The summed E-state index contributed by atoms with van der Waals surface area (Å²) in [6, 6.07) is 11.9. The lowest BCUT2D eigenvalue weighted by molar-refractivity contribution is 0.0793. The molecule has 1 atom stereocenters. The zero-order valence-corrected chi connectivity index (χ0v) is 14.2. The number of hydrogen-bond donors (Lipinski definition) is 1. The van der Waals surface area contributed by atoms with Crippen LogP contribution in [-0.4, -0.2) is 35.6 Å². The zero-order chi connectivity index (χ0) is 16.2. The molecular formula is C17H18N2O2S2. The Bertz CT molecular complexity index is 700. The van der Waals surface area contributed by atoms with E-state index >= 15 is 0 Å². The molecule has 2 amide bonds. The lowest BCUT2D eigenvalue weighted by Gasteiger charge is -2.15. The van der Waals surface area contributed by atoms with Gasteiger partial charge in [0, 0.05) is 29.1 Å². The number of primary amides is 1. The minimum Gasteiger partial charge on any atom is -0.366 e. The van der Waals surface area contributed by atoms with Crippen molar-refractivity contribution in [1.29, 1.82) is 0 Å². The number of nitrogens with zero attached hydrogens (tertiary/aromatic N) is 1. The van der Waals surface area contributed by atoms with Crippen LogP contribution in [0, 0.1) is 5.92 Å². The molecule has 1 fully saturated rings.